The molecule has 3 aromatic carbocycles. The Morgan fingerprint density at radius 3 is 2.19 bits per heavy atom. The first-order valence-electron chi connectivity index (χ1n) is 8.36. The molecule has 0 amide bonds. The second kappa shape index (κ2) is 8.17. The quantitative estimate of drug-likeness (QED) is 0.353. The fraction of sp³-hybridized carbons (Fsp3) is 0.0870. The van der Waals surface area contributed by atoms with Gasteiger partial charge >= 0.3 is 5.97 Å². The highest BCUT2D eigenvalue weighted by Gasteiger charge is 2.12. The summed E-state index contributed by atoms with van der Waals surface area (Å²) in [6, 6.07) is 22.8. The topological polar surface area (TPSA) is 35.5 Å². The fourth-order valence-corrected chi connectivity index (χ4v) is 2.48. The lowest BCUT2D eigenvalue weighted by atomic mass is 10.1. The Hall–Kier alpha value is -3.33. The molecule has 0 N–H and O–H groups in total. The van der Waals surface area contributed by atoms with Gasteiger partial charge in [-0.1, -0.05) is 66.2 Å². The van der Waals surface area contributed by atoms with Gasteiger partial charge in [0.15, 0.2) is 11.5 Å². The van der Waals surface area contributed by atoms with E-state index in [2.05, 4.69) is 0 Å². The van der Waals surface area contributed by atoms with Crippen molar-refractivity contribution in [2.45, 2.75) is 6.92 Å². The van der Waals surface area contributed by atoms with Gasteiger partial charge in [-0.05, 0) is 42.3 Å². The zero-order valence-corrected chi connectivity index (χ0v) is 14.8. The van der Waals surface area contributed by atoms with E-state index in [0.717, 1.165) is 16.7 Å². The van der Waals surface area contributed by atoms with E-state index >= 15 is 0 Å². The fourth-order valence-electron chi connectivity index (χ4n) is 2.48. The van der Waals surface area contributed by atoms with E-state index in [4.69, 9.17) is 9.47 Å². The summed E-state index contributed by atoms with van der Waals surface area (Å²) in [4.78, 5) is 12.3. The molecule has 3 nitrogen and oxygen atoms in total. The summed E-state index contributed by atoms with van der Waals surface area (Å²) in [5.41, 5.74) is 3.67. The molecule has 3 heteroatoms. The first kappa shape index (κ1) is 17.5. The number of aryl methyl sites for hydroxylation is 1. The van der Waals surface area contributed by atoms with Crippen molar-refractivity contribution < 1.29 is 14.3 Å². The molecule has 130 valence electrons. The molecule has 0 atom stereocenters. The largest absolute Gasteiger partial charge is 0.493 e. The van der Waals surface area contributed by atoms with Crippen LogP contribution in [0.2, 0.25) is 0 Å². The van der Waals surface area contributed by atoms with Crippen LogP contribution in [0.25, 0.3) is 12.2 Å². The molecule has 0 spiro atoms. The number of ether oxygens (including phenoxy) is 2. The second-order valence-electron chi connectivity index (χ2n) is 5.91. The summed E-state index contributed by atoms with van der Waals surface area (Å²) in [6.07, 6.45) is 4.01. The maximum atomic E-state index is 12.3. The number of hydrogen-bond donors (Lipinski definition) is 0. The summed E-state index contributed by atoms with van der Waals surface area (Å²) >= 11 is 0. The third-order valence-corrected chi connectivity index (χ3v) is 3.95. The Balaban J connectivity index is 1.77. The molecule has 0 aliphatic heterocycles. The van der Waals surface area contributed by atoms with Crippen molar-refractivity contribution in [1.29, 1.82) is 0 Å². The zero-order valence-electron chi connectivity index (χ0n) is 14.8. The Kier molecular flexibility index (Phi) is 5.49. The highest BCUT2D eigenvalue weighted by molar-refractivity contribution is 5.91. The average Bonchev–Trinajstić information content (AvgIpc) is 2.68. The molecule has 3 aromatic rings. The van der Waals surface area contributed by atoms with Crippen LogP contribution in [0, 0.1) is 6.92 Å². The minimum absolute atomic E-state index is 0.398. The van der Waals surface area contributed by atoms with E-state index < -0.39 is 5.97 Å². The predicted octanol–water partition coefficient (Wildman–Crippen LogP) is 5.39. The van der Waals surface area contributed by atoms with Gasteiger partial charge < -0.3 is 9.47 Å². The lowest BCUT2D eigenvalue weighted by Gasteiger charge is -2.10. The van der Waals surface area contributed by atoms with E-state index in [9.17, 15) is 4.79 Å². The molecule has 0 radical (unpaired) electrons. The number of carbonyl (C=O) groups is 1. The molecule has 0 saturated heterocycles. The monoisotopic (exact) mass is 344 g/mol. The van der Waals surface area contributed by atoms with E-state index in [1.165, 1.54) is 0 Å². The number of rotatable bonds is 5. The van der Waals surface area contributed by atoms with Gasteiger partial charge in [0.1, 0.15) is 0 Å². The van der Waals surface area contributed by atoms with E-state index in [1.54, 1.807) is 25.3 Å². The second-order valence-corrected chi connectivity index (χ2v) is 5.91. The van der Waals surface area contributed by atoms with Gasteiger partial charge in [0.05, 0.1) is 12.7 Å². The SMILES string of the molecule is COc1cc(C=Cc2ccccc2)ccc1OC(=O)c1ccc(C)cc1. The predicted molar refractivity (Wildman–Crippen MR) is 105 cm³/mol. The molecular formula is C23H20O3. The van der Waals surface area contributed by atoms with Crippen molar-refractivity contribution in [3.8, 4) is 11.5 Å². The smallest absolute Gasteiger partial charge is 0.343 e. The van der Waals surface area contributed by atoms with Gasteiger partial charge in [0.25, 0.3) is 0 Å². The molecule has 0 aliphatic rings. The van der Waals surface area contributed by atoms with Gasteiger partial charge in [-0.15, -0.1) is 0 Å². The van der Waals surface area contributed by atoms with Crippen molar-refractivity contribution in [3.05, 3.63) is 95.1 Å². The standard InChI is InChI=1S/C23H20O3/c1-17-8-13-20(14-9-17)23(24)26-21-15-12-19(16-22(21)25-2)11-10-18-6-4-3-5-7-18/h3-16H,1-2H3. The number of hydrogen-bond acceptors (Lipinski definition) is 3. The van der Waals surface area contributed by atoms with E-state index in [-0.39, 0.29) is 0 Å². The minimum Gasteiger partial charge on any atom is -0.493 e. The van der Waals surface area contributed by atoms with Crippen molar-refractivity contribution >= 4 is 18.1 Å². The van der Waals surface area contributed by atoms with Gasteiger partial charge in [-0.25, -0.2) is 4.79 Å². The molecule has 0 aliphatic carbocycles. The third kappa shape index (κ3) is 4.39. The van der Waals surface area contributed by atoms with E-state index in [0.29, 0.717) is 17.1 Å². The summed E-state index contributed by atoms with van der Waals surface area (Å²) in [5, 5.41) is 0. The highest BCUT2D eigenvalue weighted by atomic mass is 16.6. The molecule has 0 unspecified atom stereocenters. The summed E-state index contributed by atoms with van der Waals surface area (Å²) in [7, 11) is 1.56. The number of methoxy groups -OCH3 is 1. The molecule has 0 heterocycles. The molecule has 0 aromatic heterocycles. The van der Waals surface area contributed by atoms with Crippen molar-refractivity contribution in [2.75, 3.05) is 7.11 Å². The highest BCUT2D eigenvalue weighted by Crippen LogP contribution is 2.29. The Bertz CT molecular complexity index is 910. The minimum atomic E-state index is -0.407. The van der Waals surface area contributed by atoms with Gasteiger partial charge in [0.2, 0.25) is 0 Å². The van der Waals surface area contributed by atoms with Crippen LogP contribution >= 0.6 is 0 Å². The Morgan fingerprint density at radius 2 is 1.50 bits per heavy atom. The average molecular weight is 344 g/mol. The van der Waals surface area contributed by atoms with Gasteiger partial charge in [-0.2, -0.15) is 0 Å². The molecule has 26 heavy (non-hydrogen) atoms. The molecule has 0 bridgehead atoms. The van der Waals surface area contributed by atoms with Crippen LogP contribution in [-0.2, 0) is 0 Å². The summed E-state index contributed by atoms with van der Waals surface area (Å²) < 4.78 is 10.9. The third-order valence-electron chi connectivity index (χ3n) is 3.95. The van der Waals surface area contributed by atoms with Gasteiger partial charge in [-0.3, -0.25) is 0 Å². The molecule has 3 rings (SSSR count). The normalized spacial score (nSPS) is 10.7. The first-order chi connectivity index (χ1) is 12.7. The van der Waals surface area contributed by atoms with Crippen LogP contribution in [-0.4, -0.2) is 13.1 Å². The number of benzene rings is 3. The van der Waals surface area contributed by atoms with Gasteiger partial charge in [0, 0.05) is 0 Å². The molecule has 0 fully saturated rings. The first-order valence-corrected chi connectivity index (χ1v) is 8.36. The number of carbonyl (C=O) groups excluding carboxylic acids is 1. The van der Waals surface area contributed by atoms with Crippen molar-refractivity contribution in [1.82, 2.24) is 0 Å². The number of esters is 1. The molecular weight excluding hydrogens is 324 g/mol. The lowest BCUT2D eigenvalue weighted by Crippen LogP contribution is -2.09. The Labute approximate surface area is 153 Å². The maximum absolute atomic E-state index is 12.3. The van der Waals surface area contributed by atoms with Crippen LogP contribution in [0.1, 0.15) is 27.0 Å². The van der Waals surface area contributed by atoms with Crippen LogP contribution in [0.15, 0.2) is 72.8 Å². The van der Waals surface area contributed by atoms with Crippen LogP contribution < -0.4 is 9.47 Å². The van der Waals surface area contributed by atoms with Crippen molar-refractivity contribution in [2.24, 2.45) is 0 Å². The molecule has 0 saturated carbocycles. The van der Waals surface area contributed by atoms with Crippen LogP contribution in [0.5, 0.6) is 11.5 Å². The van der Waals surface area contributed by atoms with E-state index in [1.807, 2.05) is 73.7 Å². The zero-order chi connectivity index (χ0) is 18.4. The Morgan fingerprint density at radius 1 is 0.808 bits per heavy atom. The lowest BCUT2D eigenvalue weighted by molar-refractivity contribution is 0.0729. The van der Waals surface area contributed by atoms with Crippen molar-refractivity contribution in [3.63, 3.8) is 0 Å². The van der Waals surface area contributed by atoms with Crippen LogP contribution in [0.3, 0.4) is 0 Å². The maximum Gasteiger partial charge on any atom is 0.343 e. The summed E-state index contributed by atoms with van der Waals surface area (Å²) in [5.74, 6) is 0.506. The van der Waals surface area contributed by atoms with Crippen LogP contribution in [0.4, 0.5) is 0 Å². The summed E-state index contributed by atoms with van der Waals surface area (Å²) in [6.45, 7) is 1.97.